The number of rotatable bonds is 3. The average Bonchev–Trinajstić information content (AvgIpc) is 2.75. The average molecular weight is 260 g/mol. The van der Waals surface area contributed by atoms with E-state index in [1.807, 2.05) is 12.1 Å². The van der Waals surface area contributed by atoms with Crippen LogP contribution in [0.1, 0.15) is 24.7 Å². The summed E-state index contributed by atoms with van der Waals surface area (Å²) in [7, 11) is 0. The van der Waals surface area contributed by atoms with Crippen molar-refractivity contribution in [2.75, 3.05) is 19.6 Å². The molecule has 4 heteroatoms. The van der Waals surface area contributed by atoms with Crippen molar-refractivity contribution in [1.82, 2.24) is 4.90 Å². The molecule has 14 heavy (non-hydrogen) atoms. The van der Waals surface area contributed by atoms with E-state index >= 15 is 0 Å². The maximum absolute atomic E-state index is 9.84. The first-order valence-electron chi connectivity index (χ1n) is 4.91. The molecule has 0 aliphatic carbocycles. The van der Waals surface area contributed by atoms with Crippen LogP contribution in [0.3, 0.4) is 0 Å². The van der Waals surface area contributed by atoms with Gasteiger partial charge in [0.1, 0.15) is 11.9 Å². The van der Waals surface area contributed by atoms with Gasteiger partial charge in [0.2, 0.25) is 0 Å². The number of nitrogens with zero attached hydrogens (tertiary/aromatic N) is 1. The van der Waals surface area contributed by atoms with Crippen LogP contribution < -0.4 is 0 Å². The number of aliphatic hydroxyl groups excluding tert-OH is 1. The molecule has 0 spiro atoms. The van der Waals surface area contributed by atoms with E-state index in [-0.39, 0.29) is 0 Å². The summed E-state index contributed by atoms with van der Waals surface area (Å²) in [4.78, 5) is 2.26. The lowest BCUT2D eigenvalue weighted by Crippen LogP contribution is -2.25. The van der Waals surface area contributed by atoms with Crippen LogP contribution in [0.4, 0.5) is 0 Å². The quantitative estimate of drug-likeness (QED) is 0.904. The largest absolute Gasteiger partial charge is 0.452 e. The summed E-state index contributed by atoms with van der Waals surface area (Å²) >= 11 is 3.22. The van der Waals surface area contributed by atoms with Crippen LogP contribution in [-0.4, -0.2) is 29.6 Å². The van der Waals surface area contributed by atoms with Crippen LogP contribution in [0.2, 0.25) is 0 Å². The van der Waals surface area contributed by atoms with Gasteiger partial charge in [-0.3, -0.25) is 0 Å². The number of hydrogen-bond donors (Lipinski definition) is 1. The van der Waals surface area contributed by atoms with E-state index in [9.17, 15) is 5.11 Å². The normalized spacial score (nSPS) is 20.1. The van der Waals surface area contributed by atoms with Gasteiger partial charge in [0.15, 0.2) is 4.67 Å². The third-order valence-electron chi connectivity index (χ3n) is 2.55. The van der Waals surface area contributed by atoms with Crippen LogP contribution >= 0.6 is 15.9 Å². The fraction of sp³-hybridized carbons (Fsp3) is 0.600. The van der Waals surface area contributed by atoms with Gasteiger partial charge >= 0.3 is 0 Å². The lowest BCUT2D eigenvalue weighted by molar-refractivity contribution is 0.104. The molecule has 2 heterocycles. The second kappa shape index (κ2) is 4.47. The summed E-state index contributed by atoms with van der Waals surface area (Å²) < 4.78 is 5.97. The maximum atomic E-state index is 9.84. The van der Waals surface area contributed by atoms with Crippen LogP contribution in [-0.2, 0) is 0 Å². The zero-order chi connectivity index (χ0) is 9.97. The lowest BCUT2D eigenvalue weighted by Gasteiger charge is -2.17. The van der Waals surface area contributed by atoms with Crippen molar-refractivity contribution in [3.63, 3.8) is 0 Å². The molecule has 3 nitrogen and oxygen atoms in total. The molecule has 1 aromatic rings. The van der Waals surface area contributed by atoms with Crippen LogP contribution in [0.25, 0.3) is 0 Å². The molecule has 0 bridgehead atoms. The van der Waals surface area contributed by atoms with Crippen molar-refractivity contribution in [2.45, 2.75) is 18.9 Å². The van der Waals surface area contributed by atoms with Gasteiger partial charge in [-0.25, -0.2) is 0 Å². The monoisotopic (exact) mass is 259 g/mol. The molecule has 1 aromatic heterocycles. The minimum Gasteiger partial charge on any atom is -0.452 e. The Morgan fingerprint density at radius 1 is 1.43 bits per heavy atom. The van der Waals surface area contributed by atoms with E-state index in [0.717, 1.165) is 13.1 Å². The van der Waals surface area contributed by atoms with Gasteiger partial charge in [-0.15, -0.1) is 0 Å². The molecular weight excluding hydrogens is 246 g/mol. The van der Waals surface area contributed by atoms with Crippen molar-refractivity contribution in [3.8, 4) is 0 Å². The second-order valence-corrected chi connectivity index (χ2v) is 4.45. The molecule has 1 unspecified atom stereocenters. The molecule has 1 aliphatic rings. The molecule has 1 N–H and O–H groups in total. The van der Waals surface area contributed by atoms with E-state index < -0.39 is 6.10 Å². The van der Waals surface area contributed by atoms with Gasteiger partial charge in [0.05, 0.1) is 0 Å². The number of hydrogen-bond acceptors (Lipinski definition) is 3. The van der Waals surface area contributed by atoms with Gasteiger partial charge in [-0.05, 0) is 54.0 Å². The number of halogens is 1. The summed E-state index contributed by atoms with van der Waals surface area (Å²) in [6.45, 7) is 2.87. The molecule has 78 valence electrons. The Bertz CT molecular complexity index is 294. The van der Waals surface area contributed by atoms with Gasteiger partial charge in [-0.2, -0.15) is 0 Å². The predicted octanol–water partition coefficient (Wildman–Crippen LogP) is 2.17. The molecule has 1 atom stereocenters. The van der Waals surface area contributed by atoms with Crippen molar-refractivity contribution in [2.24, 2.45) is 0 Å². The minimum absolute atomic E-state index is 0.501. The Balaban J connectivity index is 1.91. The Labute approximate surface area is 91.8 Å². The standard InChI is InChI=1S/C10H14BrNO2/c11-10-4-3-9(14-10)8(13)7-12-5-1-2-6-12/h3-4,8,13H,1-2,5-7H2. The van der Waals surface area contributed by atoms with Gasteiger partial charge in [-0.1, -0.05) is 0 Å². The molecular formula is C10H14BrNO2. The van der Waals surface area contributed by atoms with Crippen LogP contribution in [0.15, 0.2) is 21.2 Å². The fourth-order valence-corrected chi connectivity index (χ4v) is 2.13. The van der Waals surface area contributed by atoms with Gasteiger partial charge < -0.3 is 14.4 Å². The third-order valence-corrected chi connectivity index (χ3v) is 2.98. The summed E-state index contributed by atoms with van der Waals surface area (Å²) in [6, 6.07) is 3.62. The van der Waals surface area contributed by atoms with Gasteiger partial charge in [0, 0.05) is 6.54 Å². The highest BCUT2D eigenvalue weighted by atomic mass is 79.9. The molecule has 0 radical (unpaired) electrons. The number of likely N-dealkylation sites (tertiary alicyclic amines) is 1. The van der Waals surface area contributed by atoms with Crippen molar-refractivity contribution >= 4 is 15.9 Å². The fourth-order valence-electron chi connectivity index (χ4n) is 1.81. The zero-order valence-corrected chi connectivity index (χ0v) is 9.53. The second-order valence-electron chi connectivity index (χ2n) is 3.67. The predicted molar refractivity (Wildman–Crippen MR) is 57.0 cm³/mol. The molecule has 1 fully saturated rings. The highest BCUT2D eigenvalue weighted by Crippen LogP contribution is 2.22. The number of aliphatic hydroxyl groups is 1. The number of furan rings is 1. The molecule has 0 aromatic carbocycles. The molecule has 0 amide bonds. The first-order chi connectivity index (χ1) is 6.75. The Morgan fingerprint density at radius 2 is 2.14 bits per heavy atom. The highest BCUT2D eigenvalue weighted by molar-refractivity contribution is 9.10. The topological polar surface area (TPSA) is 36.6 Å². The summed E-state index contributed by atoms with van der Waals surface area (Å²) in [5.41, 5.74) is 0. The van der Waals surface area contributed by atoms with Crippen molar-refractivity contribution < 1.29 is 9.52 Å². The summed E-state index contributed by atoms with van der Waals surface area (Å²) in [5.74, 6) is 0.642. The SMILES string of the molecule is OC(CN1CCCC1)c1ccc(Br)o1. The summed E-state index contributed by atoms with van der Waals surface area (Å²) in [6.07, 6.45) is 1.99. The van der Waals surface area contributed by atoms with E-state index in [2.05, 4.69) is 20.8 Å². The Morgan fingerprint density at radius 3 is 2.71 bits per heavy atom. The van der Waals surface area contributed by atoms with Gasteiger partial charge in [0.25, 0.3) is 0 Å². The number of β-amino-alcohol motifs (C(OH)–C–C–N with tert-alkyl or cyclic N) is 1. The lowest BCUT2D eigenvalue weighted by atomic mass is 10.2. The Kier molecular flexibility index (Phi) is 3.26. The van der Waals surface area contributed by atoms with E-state index in [1.165, 1.54) is 12.8 Å². The van der Waals surface area contributed by atoms with Crippen molar-refractivity contribution in [1.29, 1.82) is 0 Å². The zero-order valence-electron chi connectivity index (χ0n) is 7.95. The van der Waals surface area contributed by atoms with E-state index in [0.29, 0.717) is 17.0 Å². The maximum Gasteiger partial charge on any atom is 0.169 e. The first kappa shape index (κ1) is 10.2. The molecule has 1 saturated heterocycles. The smallest absolute Gasteiger partial charge is 0.169 e. The molecule has 2 rings (SSSR count). The molecule has 0 saturated carbocycles. The van der Waals surface area contributed by atoms with E-state index in [4.69, 9.17) is 4.42 Å². The minimum atomic E-state index is -0.501. The van der Waals surface area contributed by atoms with E-state index in [1.54, 1.807) is 0 Å². The Hall–Kier alpha value is -0.320. The molecule has 1 aliphatic heterocycles. The first-order valence-corrected chi connectivity index (χ1v) is 5.70. The third kappa shape index (κ3) is 2.38. The van der Waals surface area contributed by atoms with Crippen LogP contribution in [0, 0.1) is 0 Å². The van der Waals surface area contributed by atoms with Crippen LogP contribution in [0.5, 0.6) is 0 Å². The van der Waals surface area contributed by atoms with Crippen molar-refractivity contribution in [3.05, 3.63) is 22.6 Å². The highest BCUT2D eigenvalue weighted by Gasteiger charge is 2.18. The summed E-state index contributed by atoms with van der Waals surface area (Å²) in [5, 5.41) is 9.84.